The van der Waals surface area contributed by atoms with E-state index in [9.17, 15) is 9.59 Å². The third-order valence-electron chi connectivity index (χ3n) is 2.49. The second-order valence-corrected chi connectivity index (χ2v) is 4.36. The van der Waals surface area contributed by atoms with Gasteiger partial charge in [-0.1, -0.05) is 30.3 Å². The lowest BCUT2D eigenvalue weighted by molar-refractivity contribution is -0.140. The number of benzene rings is 1. The van der Waals surface area contributed by atoms with Gasteiger partial charge in [0.2, 0.25) is 0 Å². The molecule has 0 atom stereocenters. The predicted molar refractivity (Wildman–Crippen MR) is 83.4 cm³/mol. The second-order valence-electron chi connectivity index (χ2n) is 4.36. The largest absolute Gasteiger partial charge is 0.633 e. The molecular weight excluding hydrogens is 305 g/mol. The number of carboxylic acid groups (broad SMARTS) is 1. The molecule has 1 aromatic rings. The first kappa shape index (κ1) is 21.1. The van der Waals surface area contributed by atoms with E-state index in [1.807, 2.05) is 30.3 Å². The Balaban J connectivity index is 0.000000438. The van der Waals surface area contributed by atoms with Gasteiger partial charge in [-0.05, 0) is 18.4 Å². The maximum absolute atomic E-state index is 10.3. The van der Waals surface area contributed by atoms with E-state index in [1.54, 1.807) is 0 Å². The number of carbonyl (C=O) groups is 2. The topological polar surface area (TPSA) is 125 Å². The van der Waals surface area contributed by atoms with Crippen molar-refractivity contribution < 1.29 is 34.1 Å². The summed E-state index contributed by atoms with van der Waals surface area (Å²) in [5, 5.41) is 27.2. The van der Waals surface area contributed by atoms with E-state index in [4.69, 9.17) is 15.2 Å². The summed E-state index contributed by atoms with van der Waals surface area (Å²) in [6, 6.07) is 10.0. The average molecular weight is 327 g/mol. The first-order valence-electron chi connectivity index (χ1n) is 6.96. The van der Waals surface area contributed by atoms with Crippen LogP contribution in [-0.2, 0) is 25.4 Å². The van der Waals surface area contributed by atoms with Crippen molar-refractivity contribution in [2.24, 2.45) is 0 Å². The minimum atomic E-state index is -1.64. The summed E-state index contributed by atoms with van der Waals surface area (Å²) in [5.41, 5.74) is 1.23. The van der Waals surface area contributed by atoms with Crippen molar-refractivity contribution in [2.45, 2.75) is 12.8 Å². The van der Waals surface area contributed by atoms with E-state index in [2.05, 4.69) is 14.7 Å². The Labute approximate surface area is 135 Å². The molecule has 1 rings (SSSR count). The Kier molecular flexibility index (Phi) is 12.6. The minimum Gasteiger partial charge on any atom is -0.480 e. The van der Waals surface area contributed by atoms with Crippen LogP contribution in [0, 0.1) is 0 Å². The number of ether oxygens (including phenoxy) is 1. The van der Waals surface area contributed by atoms with Gasteiger partial charge < -0.3 is 24.5 Å². The van der Waals surface area contributed by atoms with Gasteiger partial charge in [-0.15, -0.1) is 0 Å². The van der Waals surface area contributed by atoms with Gasteiger partial charge in [0.25, 0.3) is 0 Å². The van der Waals surface area contributed by atoms with Gasteiger partial charge in [0, 0.05) is 6.61 Å². The van der Waals surface area contributed by atoms with Gasteiger partial charge in [-0.2, -0.15) is 0 Å². The molecule has 0 radical (unpaired) electrons. The van der Waals surface area contributed by atoms with E-state index >= 15 is 0 Å². The number of carboxylic acids is 1. The smallest absolute Gasteiger partial charge is 0.480 e. The van der Waals surface area contributed by atoms with Crippen molar-refractivity contribution in [3.63, 3.8) is 0 Å². The van der Waals surface area contributed by atoms with Crippen LogP contribution in [-0.4, -0.2) is 61.2 Å². The summed E-state index contributed by atoms with van der Waals surface area (Å²) in [7, 11) is -0.402. The number of methoxy groups -OCH3 is 1. The molecule has 8 nitrogen and oxygen atoms in total. The first-order chi connectivity index (χ1) is 11.0. The Morgan fingerprint density at radius 1 is 1.17 bits per heavy atom. The van der Waals surface area contributed by atoms with E-state index in [0.29, 0.717) is 6.61 Å². The van der Waals surface area contributed by atoms with E-state index < -0.39 is 19.3 Å². The number of aryl methyl sites for hydroxylation is 1. The fourth-order valence-electron chi connectivity index (χ4n) is 1.45. The summed E-state index contributed by atoms with van der Waals surface area (Å²) in [6.07, 6.45) is 1.69. The summed E-state index contributed by atoms with van der Waals surface area (Å²) in [5.74, 6) is -1.47. The second kappa shape index (κ2) is 13.7. The maximum Gasteiger partial charge on any atom is 0.633 e. The zero-order valence-corrected chi connectivity index (χ0v) is 13.0. The zero-order chi connectivity index (χ0) is 17.5. The highest BCUT2D eigenvalue weighted by atomic mass is 16.6. The van der Waals surface area contributed by atoms with Crippen molar-refractivity contribution in [2.75, 3.05) is 26.8 Å². The molecule has 9 heteroatoms. The lowest BCUT2D eigenvalue weighted by atomic mass is 10.1. The normalized spacial score (nSPS) is 9.52. The van der Waals surface area contributed by atoms with E-state index in [1.165, 1.54) is 12.7 Å². The molecule has 0 unspecified atom stereocenters. The number of nitrogens with one attached hydrogen (secondary N) is 1. The van der Waals surface area contributed by atoms with Crippen LogP contribution in [0.1, 0.15) is 12.0 Å². The standard InChI is InChI=1S/C9H13BO3.C5H9NO4/c11-10(12)13-8-4-7-9-5-2-1-3-6-9;1-10-5(9)3-6-2-4(7)8/h1-3,5-6,11-12H,4,7-8H2;6H,2-3H2,1H3,(H,7,8). The lowest BCUT2D eigenvalue weighted by Crippen LogP contribution is -2.28. The van der Waals surface area contributed by atoms with Gasteiger partial charge in [0.1, 0.15) is 0 Å². The van der Waals surface area contributed by atoms with Gasteiger partial charge in [-0.25, -0.2) is 0 Å². The van der Waals surface area contributed by atoms with Gasteiger partial charge in [-0.3, -0.25) is 14.9 Å². The minimum absolute atomic E-state index is 0.0667. The van der Waals surface area contributed by atoms with Crippen LogP contribution < -0.4 is 5.32 Å². The highest BCUT2D eigenvalue weighted by Gasteiger charge is 2.06. The zero-order valence-electron chi connectivity index (χ0n) is 13.0. The first-order valence-corrected chi connectivity index (χ1v) is 6.96. The van der Waals surface area contributed by atoms with Crippen LogP contribution in [0.25, 0.3) is 0 Å². The van der Waals surface area contributed by atoms with E-state index in [-0.39, 0.29) is 13.1 Å². The third-order valence-corrected chi connectivity index (χ3v) is 2.49. The predicted octanol–water partition coefficient (Wildman–Crippen LogP) is -0.561. The molecule has 0 aliphatic carbocycles. The Morgan fingerprint density at radius 2 is 1.83 bits per heavy atom. The number of aliphatic carboxylic acids is 1. The van der Waals surface area contributed by atoms with Crippen LogP contribution >= 0.6 is 0 Å². The fraction of sp³-hybridized carbons (Fsp3) is 0.429. The van der Waals surface area contributed by atoms with Crippen molar-refractivity contribution in [3.05, 3.63) is 35.9 Å². The Morgan fingerprint density at radius 3 is 2.35 bits per heavy atom. The van der Waals surface area contributed by atoms with Crippen LogP contribution in [0.3, 0.4) is 0 Å². The third kappa shape index (κ3) is 14.8. The molecule has 0 spiro atoms. The lowest BCUT2D eigenvalue weighted by Gasteiger charge is -2.02. The van der Waals surface area contributed by atoms with Gasteiger partial charge in [0.05, 0.1) is 20.2 Å². The fourth-order valence-corrected chi connectivity index (χ4v) is 1.45. The summed E-state index contributed by atoms with van der Waals surface area (Å²) in [6.45, 7) is 0.0739. The highest BCUT2D eigenvalue weighted by molar-refractivity contribution is 6.32. The number of hydrogen-bond acceptors (Lipinski definition) is 7. The molecule has 4 N–H and O–H groups in total. The van der Waals surface area contributed by atoms with Crippen molar-refractivity contribution in [1.29, 1.82) is 0 Å². The number of carbonyl (C=O) groups excluding carboxylic acids is 1. The molecule has 0 amide bonds. The molecule has 1 aromatic carbocycles. The molecule has 0 aliphatic heterocycles. The Hall–Kier alpha value is -1.94. The SMILES string of the molecule is COC(=O)CNCC(=O)O.OB(O)OCCCc1ccccc1. The van der Waals surface area contributed by atoms with Crippen molar-refractivity contribution in [3.8, 4) is 0 Å². The molecule has 0 heterocycles. The highest BCUT2D eigenvalue weighted by Crippen LogP contribution is 2.02. The number of esters is 1. The summed E-state index contributed by atoms with van der Waals surface area (Å²) in [4.78, 5) is 20.2. The molecule has 23 heavy (non-hydrogen) atoms. The van der Waals surface area contributed by atoms with Crippen LogP contribution in [0.5, 0.6) is 0 Å². The molecule has 0 saturated heterocycles. The average Bonchev–Trinajstić information content (AvgIpc) is 2.52. The summed E-state index contributed by atoms with van der Waals surface area (Å²) < 4.78 is 8.81. The number of hydrogen-bond donors (Lipinski definition) is 4. The molecule has 0 aromatic heterocycles. The molecule has 0 bridgehead atoms. The van der Waals surface area contributed by atoms with Crippen LogP contribution in [0.4, 0.5) is 0 Å². The van der Waals surface area contributed by atoms with E-state index in [0.717, 1.165) is 12.8 Å². The van der Waals surface area contributed by atoms with Gasteiger partial charge >= 0.3 is 19.3 Å². The molecule has 0 saturated carbocycles. The van der Waals surface area contributed by atoms with Crippen molar-refractivity contribution in [1.82, 2.24) is 5.32 Å². The quantitative estimate of drug-likeness (QED) is 0.270. The number of rotatable bonds is 9. The molecule has 0 aliphatic rings. The molecule has 0 fully saturated rings. The summed E-state index contributed by atoms with van der Waals surface area (Å²) >= 11 is 0. The maximum atomic E-state index is 10.3. The van der Waals surface area contributed by atoms with Crippen molar-refractivity contribution >= 4 is 19.3 Å². The monoisotopic (exact) mass is 327 g/mol. The molecular formula is C14H22BNO7. The van der Waals surface area contributed by atoms with Gasteiger partial charge in [0.15, 0.2) is 0 Å². The Bertz CT molecular complexity index is 442. The van der Waals surface area contributed by atoms with Crippen LogP contribution in [0.2, 0.25) is 0 Å². The van der Waals surface area contributed by atoms with Crippen LogP contribution in [0.15, 0.2) is 30.3 Å². The molecule has 128 valence electrons.